The van der Waals surface area contributed by atoms with E-state index in [1.165, 1.54) is 46.0 Å². The summed E-state index contributed by atoms with van der Waals surface area (Å²) in [5, 5.41) is 5.42. The molecule has 2 fully saturated rings. The molecule has 2 N–H and O–H groups in total. The first kappa shape index (κ1) is 22.3. The molecule has 1 heterocycles. The minimum Gasteiger partial charge on any atom is -0.337 e. The zero-order chi connectivity index (χ0) is 21.5. The molecule has 1 aliphatic carbocycles. The van der Waals surface area contributed by atoms with E-state index in [4.69, 9.17) is 0 Å². The topological polar surface area (TPSA) is 81.8 Å². The summed E-state index contributed by atoms with van der Waals surface area (Å²) >= 11 is 0. The molecule has 164 valence electrons. The summed E-state index contributed by atoms with van der Waals surface area (Å²) < 4.78 is 0. The smallest absolute Gasteiger partial charge is 0.254 e. The van der Waals surface area contributed by atoms with Gasteiger partial charge in [0.2, 0.25) is 11.8 Å². The van der Waals surface area contributed by atoms with E-state index < -0.39 is 0 Å². The Labute approximate surface area is 179 Å². The van der Waals surface area contributed by atoms with Crippen LogP contribution in [0, 0.1) is 5.92 Å². The molecule has 0 radical (unpaired) electrons. The standard InChI is InChI=1S/C23H34N4O3/c1-17(28)24-21-13-20(14-22(15-21)25-18(2)29)23(30)27-10-6-9-26(11-12-27)16-19-7-4-3-5-8-19/h13-15,19H,3-12,16H2,1-2H3,(H,24,28)(H,25,29). The fourth-order valence-corrected chi connectivity index (χ4v) is 4.58. The van der Waals surface area contributed by atoms with E-state index in [9.17, 15) is 14.4 Å². The van der Waals surface area contributed by atoms with Gasteiger partial charge in [-0.1, -0.05) is 19.3 Å². The third-order valence-electron chi connectivity index (χ3n) is 5.94. The summed E-state index contributed by atoms with van der Waals surface area (Å²) in [6.45, 7) is 7.33. The molecule has 0 unspecified atom stereocenters. The van der Waals surface area contributed by atoms with Crippen molar-refractivity contribution in [2.45, 2.75) is 52.4 Å². The summed E-state index contributed by atoms with van der Waals surface area (Å²) in [4.78, 5) is 40.6. The van der Waals surface area contributed by atoms with E-state index in [-0.39, 0.29) is 17.7 Å². The number of rotatable bonds is 5. The Balaban J connectivity index is 1.67. The van der Waals surface area contributed by atoms with Crippen molar-refractivity contribution in [3.63, 3.8) is 0 Å². The van der Waals surface area contributed by atoms with Crippen LogP contribution in [-0.4, -0.2) is 60.2 Å². The van der Waals surface area contributed by atoms with Gasteiger partial charge in [0.05, 0.1) is 0 Å². The average Bonchev–Trinajstić information content (AvgIpc) is 2.92. The Morgan fingerprint density at radius 2 is 1.47 bits per heavy atom. The lowest BCUT2D eigenvalue weighted by Gasteiger charge is -2.28. The highest BCUT2D eigenvalue weighted by molar-refractivity contribution is 6.00. The molecule has 0 spiro atoms. The van der Waals surface area contributed by atoms with Gasteiger partial charge in [-0.05, 0) is 49.9 Å². The molecule has 7 heteroatoms. The highest BCUT2D eigenvalue weighted by Crippen LogP contribution is 2.25. The Bertz CT molecular complexity index is 739. The summed E-state index contributed by atoms with van der Waals surface area (Å²) in [6, 6.07) is 5.02. The maximum atomic E-state index is 13.2. The minimum atomic E-state index is -0.221. The van der Waals surface area contributed by atoms with Crippen LogP contribution in [-0.2, 0) is 9.59 Å². The zero-order valence-electron chi connectivity index (χ0n) is 18.2. The van der Waals surface area contributed by atoms with Crippen molar-refractivity contribution in [1.29, 1.82) is 0 Å². The van der Waals surface area contributed by atoms with Crippen molar-refractivity contribution in [3.05, 3.63) is 23.8 Å². The van der Waals surface area contributed by atoms with Gasteiger partial charge in [0.1, 0.15) is 0 Å². The highest BCUT2D eigenvalue weighted by Gasteiger charge is 2.23. The molecule has 7 nitrogen and oxygen atoms in total. The van der Waals surface area contributed by atoms with E-state index in [0.717, 1.165) is 38.5 Å². The van der Waals surface area contributed by atoms with Gasteiger partial charge in [0.25, 0.3) is 5.91 Å². The lowest BCUT2D eigenvalue weighted by atomic mass is 9.89. The van der Waals surface area contributed by atoms with Crippen LogP contribution >= 0.6 is 0 Å². The van der Waals surface area contributed by atoms with E-state index in [0.29, 0.717) is 23.5 Å². The lowest BCUT2D eigenvalue weighted by molar-refractivity contribution is -0.115. The predicted octanol–water partition coefficient (Wildman–Crippen LogP) is 3.33. The number of carbonyl (C=O) groups excluding carboxylic acids is 3. The van der Waals surface area contributed by atoms with Crippen molar-refractivity contribution in [2.24, 2.45) is 5.92 Å². The van der Waals surface area contributed by atoms with Crippen molar-refractivity contribution in [3.8, 4) is 0 Å². The molecule has 0 aromatic heterocycles. The molecular formula is C23H34N4O3. The monoisotopic (exact) mass is 414 g/mol. The first-order valence-corrected chi connectivity index (χ1v) is 11.1. The molecule has 1 aliphatic heterocycles. The fourth-order valence-electron chi connectivity index (χ4n) is 4.58. The van der Waals surface area contributed by atoms with Crippen LogP contribution in [0.5, 0.6) is 0 Å². The summed E-state index contributed by atoms with van der Waals surface area (Å²) in [7, 11) is 0. The molecule has 1 saturated heterocycles. The van der Waals surface area contributed by atoms with Gasteiger partial charge in [-0.25, -0.2) is 0 Å². The normalized spacial score (nSPS) is 18.5. The predicted molar refractivity (Wildman–Crippen MR) is 119 cm³/mol. The van der Waals surface area contributed by atoms with Gasteiger partial charge in [-0.15, -0.1) is 0 Å². The number of benzene rings is 1. The van der Waals surface area contributed by atoms with Crippen LogP contribution in [0.3, 0.4) is 0 Å². The molecule has 1 aromatic carbocycles. The Morgan fingerprint density at radius 1 is 0.833 bits per heavy atom. The van der Waals surface area contributed by atoms with E-state index in [1.54, 1.807) is 18.2 Å². The number of amides is 3. The lowest BCUT2D eigenvalue weighted by Crippen LogP contribution is -2.37. The SMILES string of the molecule is CC(=O)Nc1cc(NC(C)=O)cc(C(=O)N2CCCN(CC3CCCCC3)CC2)c1. The Morgan fingerprint density at radius 3 is 2.07 bits per heavy atom. The number of nitrogens with one attached hydrogen (secondary N) is 2. The zero-order valence-corrected chi connectivity index (χ0v) is 18.2. The minimum absolute atomic E-state index is 0.0617. The number of carbonyl (C=O) groups is 3. The van der Waals surface area contributed by atoms with Crippen molar-refractivity contribution >= 4 is 29.1 Å². The maximum absolute atomic E-state index is 13.2. The molecule has 1 saturated carbocycles. The molecule has 2 aliphatic rings. The summed E-state index contributed by atoms with van der Waals surface area (Å²) in [5.74, 6) is 0.298. The molecule has 1 aromatic rings. The van der Waals surface area contributed by atoms with Crippen LogP contribution in [0.25, 0.3) is 0 Å². The maximum Gasteiger partial charge on any atom is 0.254 e. The molecule has 3 rings (SSSR count). The molecule has 3 amide bonds. The third kappa shape index (κ3) is 6.55. The van der Waals surface area contributed by atoms with Crippen LogP contribution in [0.1, 0.15) is 62.7 Å². The van der Waals surface area contributed by atoms with Crippen molar-refractivity contribution in [2.75, 3.05) is 43.4 Å². The number of hydrogen-bond acceptors (Lipinski definition) is 4. The van der Waals surface area contributed by atoms with Crippen molar-refractivity contribution in [1.82, 2.24) is 9.80 Å². The van der Waals surface area contributed by atoms with Gasteiger partial charge >= 0.3 is 0 Å². The number of anilines is 2. The van der Waals surface area contributed by atoms with Gasteiger partial charge in [-0.2, -0.15) is 0 Å². The van der Waals surface area contributed by atoms with E-state index in [1.807, 2.05) is 4.90 Å². The second-order valence-corrected chi connectivity index (χ2v) is 8.61. The van der Waals surface area contributed by atoms with Crippen LogP contribution in [0.15, 0.2) is 18.2 Å². The Hall–Kier alpha value is -2.41. The highest BCUT2D eigenvalue weighted by atomic mass is 16.2. The number of hydrogen-bond donors (Lipinski definition) is 2. The second-order valence-electron chi connectivity index (χ2n) is 8.61. The van der Waals surface area contributed by atoms with Gasteiger partial charge in [0, 0.05) is 57.0 Å². The number of nitrogens with zero attached hydrogens (tertiary/aromatic N) is 2. The molecule has 0 atom stereocenters. The first-order chi connectivity index (χ1) is 14.4. The van der Waals surface area contributed by atoms with Gasteiger partial charge in [-0.3, -0.25) is 14.4 Å². The van der Waals surface area contributed by atoms with Gasteiger partial charge < -0.3 is 20.4 Å². The summed E-state index contributed by atoms with van der Waals surface area (Å²) in [5.41, 5.74) is 1.49. The first-order valence-electron chi connectivity index (χ1n) is 11.1. The van der Waals surface area contributed by atoms with Crippen LogP contribution in [0.4, 0.5) is 11.4 Å². The third-order valence-corrected chi connectivity index (χ3v) is 5.94. The average molecular weight is 415 g/mol. The van der Waals surface area contributed by atoms with Gasteiger partial charge in [0.15, 0.2) is 0 Å². The van der Waals surface area contributed by atoms with Crippen LogP contribution < -0.4 is 10.6 Å². The Kier molecular flexibility index (Phi) is 7.85. The molecular weight excluding hydrogens is 380 g/mol. The van der Waals surface area contributed by atoms with E-state index >= 15 is 0 Å². The summed E-state index contributed by atoms with van der Waals surface area (Å²) in [6.07, 6.45) is 7.70. The quantitative estimate of drug-likeness (QED) is 0.774. The second kappa shape index (κ2) is 10.6. The van der Waals surface area contributed by atoms with Crippen LogP contribution in [0.2, 0.25) is 0 Å². The fraction of sp³-hybridized carbons (Fsp3) is 0.609. The molecule has 30 heavy (non-hydrogen) atoms. The molecule has 0 bridgehead atoms. The van der Waals surface area contributed by atoms with E-state index in [2.05, 4.69) is 15.5 Å². The largest absolute Gasteiger partial charge is 0.337 e. The van der Waals surface area contributed by atoms with Crippen molar-refractivity contribution < 1.29 is 14.4 Å².